The first-order valence-electron chi connectivity index (χ1n) is 32.4. The van der Waals surface area contributed by atoms with E-state index in [0.717, 1.165) is 0 Å². The van der Waals surface area contributed by atoms with Gasteiger partial charge in [0.1, 0.15) is 0 Å². The largest absolute Gasteiger partial charge is 0.0683 e. The predicted molar refractivity (Wildman–Crippen MR) is 401 cm³/mol. The molecular weight excluding hydrogens is 1030 g/mol. The maximum absolute atomic E-state index is 2.22. The molecule has 11 aromatic rings. The average Bonchev–Trinajstić information content (AvgIpc) is 2.49. The van der Waals surface area contributed by atoms with E-state index in [-0.39, 0.29) is 0 Å². The van der Waals surface area contributed by atoms with Gasteiger partial charge in [0.15, 0.2) is 0 Å². The third-order valence-corrected chi connectivity index (χ3v) is 12.9. The molecule has 0 unspecified atom stereocenters. The summed E-state index contributed by atoms with van der Waals surface area (Å²) in [4.78, 5) is 0. The lowest BCUT2D eigenvalue weighted by Crippen LogP contribution is -1.80. The van der Waals surface area contributed by atoms with Gasteiger partial charge in [-0.2, -0.15) is 0 Å². The highest BCUT2D eigenvalue weighted by atomic mass is 14.0. The van der Waals surface area contributed by atoms with Gasteiger partial charge in [0.2, 0.25) is 0 Å². The molecule has 11 rings (SSSR count). The van der Waals surface area contributed by atoms with E-state index in [2.05, 4.69) is 315 Å². The summed E-state index contributed by atoms with van der Waals surface area (Å²) in [5, 5.41) is 10.9. The van der Waals surface area contributed by atoms with E-state index in [4.69, 9.17) is 0 Å². The molecule has 11 aromatic carbocycles. The molecule has 0 saturated heterocycles. The summed E-state index contributed by atoms with van der Waals surface area (Å²) in [7, 11) is 0. The van der Waals surface area contributed by atoms with Crippen LogP contribution in [0.3, 0.4) is 0 Å². The second kappa shape index (κ2) is 50.8. The van der Waals surface area contributed by atoms with Gasteiger partial charge in [-0.3, -0.25) is 0 Å². The summed E-state index contributed by atoms with van der Waals surface area (Å²) in [6.07, 6.45) is 0. The Bertz CT molecular complexity index is 3220. The number of hydrogen-bond acceptors (Lipinski definition) is 0. The van der Waals surface area contributed by atoms with E-state index in [1.54, 1.807) is 0 Å². The molecule has 0 fully saturated rings. The zero-order valence-electron chi connectivity index (χ0n) is 59.8. The second-order valence-electron chi connectivity index (χ2n) is 19.5. The van der Waals surface area contributed by atoms with Gasteiger partial charge in [0.05, 0.1) is 0 Å². The molecule has 0 nitrogen and oxygen atoms in total. The van der Waals surface area contributed by atoms with Gasteiger partial charge in [-0.1, -0.05) is 354 Å². The number of hydrogen-bond donors (Lipinski definition) is 0. The molecule has 0 aliphatic heterocycles. The van der Waals surface area contributed by atoms with Crippen molar-refractivity contribution in [2.24, 2.45) is 0 Å². The first-order valence-corrected chi connectivity index (χ1v) is 32.4. The summed E-state index contributed by atoms with van der Waals surface area (Å²) >= 11 is 0. The molecule has 86 heavy (non-hydrogen) atoms. The normalized spacial score (nSPS) is 8.93. The molecule has 0 aliphatic rings. The fraction of sp³-hybridized carbons (Fsp3) is 0.326. The lowest BCUT2D eigenvalue weighted by molar-refractivity contribution is 1.34. The molecule has 0 aliphatic carbocycles. The van der Waals surface area contributed by atoms with Crippen molar-refractivity contribution in [3.05, 3.63) is 296 Å². The van der Waals surface area contributed by atoms with Crippen LogP contribution < -0.4 is 0 Å². The van der Waals surface area contributed by atoms with E-state index in [1.807, 2.05) is 96.9 Å². The third kappa shape index (κ3) is 32.1. The van der Waals surface area contributed by atoms with Crippen molar-refractivity contribution in [3.63, 3.8) is 0 Å². The van der Waals surface area contributed by atoms with Gasteiger partial charge in [0, 0.05) is 0 Å². The molecule has 0 spiro atoms. The van der Waals surface area contributed by atoms with Crippen LogP contribution in [-0.2, 0) is 0 Å². The fourth-order valence-corrected chi connectivity index (χ4v) is 8.50. The first kappa shape index (κ1) is 82.7. The molecule has 464 valence electrons. The van der Waals surface area contributed by atoms with Crippen LogP contribution >= 0.6 is 0 Å². The quantitative estimate of drug-likeness (QED) is 0.142. The predicted octanol–water partition coefficient (Wildman–Crippen LogP) is 27.9. The standard InChI is InChI=1S/4C12H12.3C8H10.7C2H6/c1-9-3-5-11-6-4-10(2)8-12(11)7-9;1-9-5-3-8-12-10(2)6-4-7-11(9)12;1-9-7-10(2)12-6-4-3-5-11(12)8-9;1-9-7-8-10(2)12-6-4-3-5-11(9)12;1-7-3-5-8(2)6-4-7;1-7-4-3-5-8(2)6-7;1-7-5-3-4-6-8(7)2;7*1-2/h4*3-8H,1-2H3;3*3-6H,1-2H3;7*1-2H3. The van der Waals surface area contributed by atoms with Crippen LogP contribution in [0.15, 0.2) is 218 Å². The maximum atomic E-state index is 2.22. The van der Waals surface area contributed by atoms with Crippen molar-refractivity contribution in [3.8, 4) is 0 Å². The Kier molecular flexibility index (Phi) is 48.8. The minimum atomic E-state index is 1.33. The van der Waals surface area contributed by atoms with Crippen LogP contribution in [0, 0.1) is 96.9 Å². The average molecular weight is 1150 g/mol. The fourth-order valence-electron chi connectivity index (χ4n) is 8.50. The monoisotopic (exact) mass is 1150 g/mol. The third-order valence-electron chi connectivity index (χ3n) is 12.9. The molecule has 0 amide bonds. The van der Waals surface area contributed by atoms with E-state index >= 15 is 0 Å². The van der Waals surface area contributed by atoms with Crippen molar-refractivity contribution in [1.82, 2.24) is 0 Å². The molecule has 0 N–H and O–H groups in total. The second-order valence-corrected chi connectivity index (χ2v) is 19.5. The number of fused-ring (bicyclic) bond motifs is 4. The SMILES string of the molecule is CC.CC.CC.CC.CC.CC.CC.Cc1cc(C)c2ccccc2c1.Cc1ccc(C)c2ccccc12.Cc1ccc(C)cc1.Cc1ccc2ccc(C)cc2c1.Cc1cccc(C)c1.Cc1cccc2c(C)cccc12.Cc1ccccc1C. The summed E-state index contributed by atoms with van der Waals surface area (Å²) in [5.74, 6) is 0. The number of aryl methyl sites for hydroxylation is 14. The lowest BCUT2D eigenvalue weighted by Gasteiger charge is -2.03. The Hall–Kier alpha value is -7.54. The smallest absolute Gasteiger partial charge is 0.0152 e. The highest BCUT2D eigenvalue weighted by Crippen LogP contribution is 2.23. The van der Waals surface area contributed by atoms with Gasteiger partial charge in [-0.25, -0.2) is 0 Å². The number of benzene rings is 11. The lowest BCUT2D eigenvalue weighted by atomic mass is 10.0. The summed E-state index contributed by atoms with van der Waals surface area (Å²) < 4.78 is 0. The van der Waals surface area contributed by atoms with Crippen molar-refractivity contribution < 1.29 is 0 Å². The van der Waals surface area contributed by atoms with Crippen molar-refractivity contribution in [2.75, 3.05) is 0 Å². The summed E-state index contributed by atoms with van der Waals surface area (Å²) in [5.41, 5.74) is 18.9. The zero-order valence-corrected chi connectivity index (χ0v) is 59.8. The molecule has 0 radical (unpaired) electrons. The van der Waals surface area contributed by atoms with Gasteiger partial charge >= 0.3 is 0 Å². The van der Waals surface area contributed by atoms with Crippen LogP contribution in [-0.4, -0.2) is 0 Å². The summed E-state index contributed by atoms with van der Waals surface area (Å²) in [6, 6.07) is 77.1. The minimum Gasteiger partial charge on any atom is -0.0683 e. The topological polar surface area (TPSA) is 0 Å². The Balaban J connectivity index is -0.000000908. The molecule has 0 bridgehead atoms. The van der Waals surface area contributed by atoms with Crippen molar-refractivity contribution in [1.29, 1.82) is 0 Å². The van der Waals surface area contributed by atoms with Crippen LogP contribution in [0.5, 0.6) is 0 Å². The number of rotatable bonds is 0. The molecule has 0 heteroatoms. The van der Waals surface area contributed by atoms with Crippen LogP contribution in [0.1, 0.15) is 175 Å². The van der Waals surface area contributed by atoms with E-state index in [0.29, 0.717) is 0 Å². The molecular formula is C86H120. The Morgan fingerprint density at radius 3 is 0.756 bits per heavy atom. The summed E-state index contributed by atoms with van der Waals surface area (Å²) in [6.45, 7) is 57.8. The molecule has 0 atom stereocenters. The highest BCUT2D eigenvalue weighted by molar-refractivity contribution is 5.89. The Morgan fingerprint density at radius 1 is 0.140 bits per heavy atom. The van der Waals surface area contributed by atoms with Crippen molar-refractivity contribution >= 4 is 43.1 Å². The Labute approximate surface area is 530 Å². The van der Waals surface area contributed by atoms with Gasteiger partial charge in [-0.15, -0.1) is 0 Å². The molecule has 0 saturated carbocycles. The van der Waals surface area contributed by atoms with Crippen LogP contribution in [0.25, 0.3) is 43.1 Å². The van der Waals surface area contributed by atoms with Gasteiger partial charge in [-0.05, 0) is 179 Å². The van der Waals surface area contributed by atoms with Crippen LogP contribution in [0.2, 0.25) is 0 Å². The maximum Gasteiger partial charge on any atom is -0.0152 e. The molecule has 0 heterocycles. The Morgan fingerprint density at radius 2 is 0.407 bits per heavy atom. The van der Waals surface area contributed by atoms with Gasteiger partial charge in [0.25, 0.3) is 0 Å². The van der Waals surface area contributed by atoms with Crippen LogP contribution in [0.4, 0.5) is 0 Å². The first-order chi connectivity index (χ1) is 41.5. The van der Waals surface area contributed by atoms with E-state index in [9.17, 15) is 0 Å². The van der Waals surface area contributed by atoms with Gasteiger partial charge < -0.3 is 0 Å². The molecule has 0 aromatic heterocycles. The highest BCUT2D eigenvalue weighted by Gasteiger charge is 2.00. The minimum absolute atomic E-state index is 1.33. The zero-order chi connectivity index (χ0) is 66.2. The van der Waals surface area contributed by atoms with Crippen molar-refractivity contribution in [2.45, 2.75) is 194 Å². The van der Waals surface area contributed by atoms with E-state index in [1.165, 1.54) is 121 Å². The van der Waals surface area contributed by atoms with E-state index < -0.39 is 0 Å².